The van der Waals surface area contributed by atoms with E-state index in [9.17, 15) is 4.79 Å². The van der Waals surface area contributed by atoms with E-state index in [1.54, 1.807) is 7.11 Å². The first-order valence-electron chi connectivity index (χ1n) is 9.10. The molecule has 0 aliphatic rings. The molecule has 0 radical (unpaired) electrons. The molecule has 0 saturated carbocycles. The number of hydrogen-bond acceptors (Lipinski definition) is 5. The van der Waals surface area contributed by atoms with Crippen LogP contribution in [0.3, 0.4) is 0 Å². The summed E-state index contributed by atoms with van der Waals surface area (Å²) in [5.74, 6) is 2.00. The van der Waals surface area contributed by atoms with E-state index in [1.165, 1.54) is 22.9 Å². The lowest BCUT2D eigenvalue weighted by Crippen LogP contribution is -2.08. The van der Waals surface area contributed by atoms with Crippen LogP contribution in [-0.2, 0) is 7.05 Å². The molecular formula is C22H25N3O2S. The smallest absolute Gasteiger partial charge is 0.191 e. The van der Waals surface area contributed by atoms with E-state index < -0.39 is 0 Å². The van der Waals surface area contributed by atoms with Gasteiger partial charge in [0.05, 0.1) is 12.9 Å². The molecule has 6 heteroatoms. The molecule has 0 aliphatic heterocycles. The highest BCUT2D eigenvalue weighted by molar-refractivity contribution is 7.99. The quantitative estimate of drug-likeness (QED) is 0.447. The summed E-state index contributed by atoms with van der Waals surface area (Å²) < 4.78 is 7.11. The third-order valence-electron chi connectivity index (χ3n) is 5.30. The van der Waals surface area contributed by atoms with E-state index in [-0.39, 0.29) is 5.78 Å². The summed E-state index contributed by atoms with van der Waals surface area (Å²) in [7, 11) is 3.56. The fraction of sp³-hybridized carbons (Fsp3) is 0.318. The summed E-state index contributed by atoms with van der Waals surface area (Å²) in [6, 6.07) is 9.68. The highest BCUT2D eigenvalue weighted by Gasteiger charge is 2.17. The zero-order chi connectivity index (χ0) is 20.4. The number of thioether (sulfide) groups is 1. The Morgan fingerprint density at radius 3 is 2.36 bits per heavy atom. The van der Waals surface area contributed by atoms with Crippen molar-refractivity contribution >= 4 is 17.5 Å². The summed E-state index contributed by atoms with van der Waals surface area (Å²) in [6.45, 7) is 8.24. The SMILES string of the molecule is COc1ccc(-c2nnc(SCC(=O)c3cc(C)c(C)c(C)c3C)n2C)cc1. The third kappa shape index (κ3) is 3.83. The number of ether oxygens (including phenoxy) is 1. The van der Waals surface area contributed by atoms with Crippen molar-refractivity contribution in [1.29, 1.82) is 0 Å². The number of carbonyl (C=O) groups is 1. The Bertz CT molecular complexity index is 1020. The monoisotopic (exact) mass is 395 g/mol. The molecule has 3 aromatic rings. The van der Waals surface area contributed by atoms with E-state index in [1.807, 2.05) is 48.9 Å². The Balaban J connectivity index is 1.77. The Kier molecular flexibility index (Phi) is 5.89. The lowest BCUT2D eigenvalue weighted by atomic mass is 9.93. The highest BCUT2D eigenvalue weighted by Crippen LogP contribution is 2.26. The summed E-state index contributed by atoms with van der Waals surface area (Å²) in [6.07, 6.45) is 0. The number of Topliss-reactive ketones (excluding diaryl/α,β-unsaturated/α-hetero) is 1. The molecule has 1 aromatic heterocycles. The summed E-state index contributed by atoms with van der Waals surface area (Å²) in [5.41, 5.74) is 6.40. The van der Waals surface area contributed by atoms with Gasteiger partial charge in [-0.2, -0.15) is 0 Å². The maximum absolute atomic E-state index is 12.8. The first kappa shape index (κ1) is 20.1. The Hall–Kier alpha value is -2.60. The lowest BCUT2D eigenvalue weighted by Gasteiger charge is -2.13. The van der Waals surface area contributed by atoms with Crippen LogP contribution in [0.5, 0.6) is 5.75 Å². The maximum atomic E-state index is 12.8. The molecule has 0 bridgehead atoms. The fourth-order valence-corrected chi connectivity index (χ4v) is 3.94. The van der Waals surface area contributed by atoms with Gasteiger partial charge in [0.2, 0.25) is 0 Å². The summed E-state index contributed by atoms with van der Waals surface area (Å²) in [4.78, 5) is 12.8. The van der Waals surface area contributed by atoms with Crippen molar-refractivity contribution in [3.63, 3.8) is 0 Å². The molecule has 3 rings (SSSR count). The van der Waals surface area contributed by atoms with Gasteiger partial charge in [0, 0.05) is 18.2 Å². The van der Waals surface area contributed by atoms with Gasteiger partial charge in [-0.05, 0) is 80.3 Å². The first-order chi connectivity index (χ1) is 13.3. The molecule has 5 nitrogen and oxygen atoms in total. The molecule has 0 aliphatic carbocycles. The average molecular weight is 396 g/mol. The van der Waals surface area contributed by atoms with E-state index in [4.69, 9.17) is 4.74 Å². The predicted octanol–water partition coefficient (Wildman–Crippen LogP) is 4.70. The van der Waals surface area contributed by atoms with Crippen LogP contribution in [0.25, 0.3) is 11.4 Å². The lowest BCUT2D eigenvalue weighted by molar-refractivity contribution is 0.102. The van der Waals surface area contributed by atoms with Crippen LogP contribution in [0, 0.1) is 27.7 Å². The maximum Gasteiger partial charge on any atom is 0.191 e. The van der Waals surface area contributed by atoms with Crippen molar-refractivity contribution < 1.29 is 9.53 Å². The first-order valence-corrected chi connectivity index (χ1v) is 10.1. The number of ketones is 1. The van der Waals surface area contributed by atoms with Gasteiger partial charge in [0.15, 0.2) is 16.8 Å². The Labute approximate surface area is 170 Å². The van der Waals surface area contributed by atoms with Crippen molar-refractivity contribution in [3.8, 4) is 17.1 Å². The second kappa shape index (κ2) is 8.19. The molecule has 146 valence electrons. The molecule has 28 heavy (non-hydrogen) atoms. The number of nitrogens with zero attached hydrogens (tertiary/aromatic N) is 3. The second-order valence-corrected chi connectivity index (χ2v) is 7.86. The summed E-state index contributed by atoms with van der Waals surface area (Å²) >= 11 is 1.41. The molecule has 0 fully saturated rings. The van der Waals surface area contributed by atoms with Gasteiger partial charge in [-0.1, -0.05) is 11.8 Å². The molecule has 0 atom stereocenters. The van der Waals surface area contributed by atoms with E-state index in [0.29, 0.717) is 5.75 Å². The van der Waals surface area contributed by atoms with Crippen LogP contribution < -0.4 is 4.74 Å². The topological polar surface area (TPSA) is 57.0 Å². The number of methoxy groups -OCH3 is 1. The van der Waals surface area contributed by atoms with Gasteiger partial charge in [0.1, 0.15) is 5.75 Å². The minimum absolute atomic E-state index is 0.114. The van der Waals surface area contributed by atoms with E-state index in [2.05, 4.69) is 31.0 Å². The standard InChI is InChI=1S/C22H25N3O2S/c1-13-11-19(16(4)15(3)14(13)2)20(26)12-28-22-24-23-21(25(22)5)17-7-9-18(27-6)10-8-17/h7-11H,12H2,1-6H3. The summed E-state index contributed by atoms with van der Waals surface area (Å²) in [5, 5.41) is 9.27. The number of aromatic nitrogens is 3. The van der Waals surface area contributed by atoms with Gasteiger partial charge in [-0.15, -0.1) is 10.2 Å². The molecule has 0 amide bonds. The zero-order valence-corrected chi connectivity index (χ0v) is 18.0. The van der Waals surface area contributed by atoms with E-state index >= 15 is 0 Å². The van der Waals surface area contributed by atoms with Crippen molar-refractivity contribution in [1.82, 2.24) is 14.8 Å². The van der Waals surface area contributed by atoms with Gasteiger partial charge < -0.3 is 9.30 Å². The van der Waals surface area contributed by atoms with Gasteiger partial charge >= 0.3 is 0 Å². The van der Waals surface area contributed by atoms with Crippen LogP contribution in [0.1, 0.15) is 32.6 Å². The third-order valence-corrected chi connectivity index (χ3v) is 6.32. The van der Waals surface area contributed by atoms with Crippen LogP contribution in [0.2, 0.25) is 0 Å². The van der Waals surface area contributed by atoms with Crippen LogP contribution in [0.4, 0.5) is 0 Å². The number of aryl methyl sites for hydroxylation is 1. The number of benzene rings is 2. The molecular weight excluding hydrogens is 370 g/mol. The second-order valence-electron chi connectivity index (χ2n) is 6.92. The van der Waals surface area contributed by atoms with Gasteiger partial charge in [0.25, 0.3) is 0 Å². The van der Waals surface area contributed by atoms with Gasteiger partial charge in [-0.3, -0.25) is 4.79 Å². The Morgan fingerprint density at radius 1 is 1.04 bits per heavy atom. The van der Waals surface area contributed by atoms with Crippen molar-refractivity contribution in [2.45, 2.75) is 32.9 Å². The highest BCUT2D eigenvalue weighted by atomic mass is 32.2. The normalized spacial score (nSPS) is 10.9. The van der Waals surface area contributed by atoms with Gasteiger partial charge in [-0.25, -0.2) is 0 Å². The Morgan fingerprint density at radius 2 is 1.71 bits per heavy atom. The van der Waals surface area contributed by atoms with E-state index in [0.717, 1.165) is 39.0 Å². The van der Waals surface area contributed by atoms with Crippen LogP contribution >= 0.6 is 11.8 Å². The van der Waals surface area contributed by atoms with Crippen molar-refractivity contribution in [2.75, 3.05) is 12.9 Å². The minimum Gasteiger partial charge on any atom is -0.497 e. The fourth-order valence-electron chi connectivity index (χ4n) is 3.14. The average Bonchev–Trinajstić information content (AvgIpc) is 3.07. The number of rotatable bonds is 6. The molecule has 0 saturated heterocycles. The zero-order valence-electron chi connectivity index (χ0n) is 17.2. The largest absolute Gasteiger partial charge is 0.497 e. The molecule has 0 spiro atoms. The molecule has 0 N–H and O–H groups in total. The van der Waals surface area contributed by atoms with Crippen LogP contribution in [0.15, 0.2) is 35.5 Å². The van der Waals surface area contributed by atoms with Crippen molar-refractivity contribution in [3.05, 3.63) is 58.1 Å². The molecule has 2 aromatic carbocycles. The number of carbonyl (C=O) groups excluding carboxylic acids is 1. The van der Waals surface area contributed by atoms with Crippen molar-refractivity contribution in [2.24, 2.45) is 7.05 Å². The predicted molar refractivity (Wildman–Crippen MR) is 113 cm³/mol. The molecule has 0 unspecified atom stereocenters. The molecule has 1 heterocycles. The minimum atomic E-state index is 0.114. The number of hydrogen-bond donors (Lipinski definition) is 0. The van der Waals surface area contributed by atoms with Crippen LogP contribution in [-0.4, -0.2) is 33.4 Å².